The Hall–Kier alpha value is -1.31. The van der Waals surface area contributed by atoms with Crippen molar-refractivity contribution in [3.63, 3.8) is 0 Å². The van der Waals surface area contributed by atoms with Gasteiger partial charge in [0.2, 0.25) is 6.41 Å². The van der Waals surface area contributed by atoms with Crippen LogP contribution < -0.4 is 10.6 Å². The summed E-state index contributed by atoms with van der Waals surface area (Å²) in [5.74, 6) is 0. The quantitative estimate of drug-likeness (QED) is 0.343. The third-order valence-corrected chi connectivity index (χ3v) is 6.96. The predicted molar refractivity (Wildman–Crippen MR) is 110 cm³/mol. The highest BCUT2D eigenvalue weighted by Gasteiger charge is 2.38. The Kier molecular flexibility index (Phi) is 5.38. The molecule has 0 unspecified atom stereocenters. The summed E-state index contributed by atoms with van der Waals surface area (Å²) in [6.45, 7) is 5.19. The van der Waals surface area contributed by atoms with Crippen LogP contribution in [-0.4, -0.2) is 41.4 Å². The second-order valence-electron chi connectivity index (χ2n) is 7.76. The van der Waals surface area contributed by atoms with Gasteiger partial charge in [0.15, 0.2) is 5.13 Å². The Bertz CT molecular complexity index is 770. The molecule has 0 bridgehead atoms. The van der Waals surface area contributed by atoms with Gasteiger partial charge in [-0.3, -0.25) is 4.79 Å². The molecule has 5 nitrogen and oxygen atoms in total. The normalized spacial score (nSPS) is 18.2. The lowest BCUT2D eigenvalue weighted by molar-refractivity contribution is -0.109. The minimum Gasteiger partial charge on any atom is -0.359 e. The van der Waals surface area contributed by atoms with E-state index in [0.29, 0.717) is 11.5 Å². The SMILES string of the molecule is CC1(CN(CCCNC=O)Sc2ccc3nc(NC4CC4)sc3c2)CC1. The van der Waals surface area contributed by atoms with Gasteiger partial charge < -0.3 is 10.6 Å². The highest BCUT2D eigenvalue weighted by atomic mass is 32.2. The number of benzene rings is 1. The van der Waals surface area contributed by atoms with Gasteiger partial charge >= 0.3 is 0 Å². The van der Waals surface area contributed by atoms with Gasteiger partial charge in [-0.25, -0.2) is 9.29 Å². The first-order valence-electron chi connectivity index (χ1n) is 9.41. The molecule has 0 spiro atoms. The summed E-state index contributed by atoms with van der Waals surface area (Å²) in [6.07, 6.45) is 6.93. The summed E-state index contributed by atoms with van der Waals surface area (Å²) in [5.41, 5.74) is 1.56. The minimum absolute atomic E-state index is 0.473. The monoisotopic (exact) mass is 390 g/mol. The van der Waals surface area contributed by atoms with E-state index in [9.17, 15) is 4.79 Å². The lowest BCUT2D eigenvalue weighted by atomic mass is 10.1. The Morgan fingerprint density at radius 1 is 1.42 bits per heavy atom. The van der Waals surface area contributed by atoms with Crippen molar-refractivity contribution < 1.29 is 4.79 Å². The fourth-order valence-corrected chi connectivity index (χ4v) is 5.20. The summed E-state index contributed by atoms with van der Waals surface area (Å²) in [4.78, 5) is 16.4. The molecule has 2 aromatic rings. The molecule has 140 valence electrons. The number of anilines is 1. The van der Waals surface area contributed by atoms with Gasteiger partial charge in [0.05, 0.1) is 10.2 Å². The average molecular weight is 391 g/mol. The number of carbonyl (C=O) groups is 1. The molecule has 26 heavy (non-hydrogen) atoms. The number of carbonyl (C=O) groups excluding carboxylic acids is 1. The van der Waals surface area contributed by atoms with Crippen LogP contribution >= 0.6 is 23.3 Å². The molecule has 2 aliphatic carbocycles. The van der Waals surface area contributed by atoms with Crippen molar-refractivity contribution in [1.29, 1.82) is 0 Å². The van der Waals surface area contributed by atoms with Crippen LogP contribution in [0.1, 0.15) is 39.0 Å². The number of hydrogen-bond donors (Lipinski definition) is 2. The molecular weight excluding hydrogens is 364 g/mol. The van der Waals surface area contributed by atoms with E-state index in [1.165, 1.54) is 35.3 Å². The number of thiazole rings is 1. The average Bonchev–Trinajstić information content (AvgIpc) is 3.52. The van der Waals surface area contributed by atoms with Gasteiger partial charge in [0.1, 0.15) is 0 Å². The minimum atomic E-state index is 0.473. The molecule has 0 saturated heterocycles. The van der Waals surface area contributed by atoms with Gasteiger partial charge in [0, 0.05) is 30.6 Å². The molecule has 1 aromatic heterocycles. The lowest BCUT2D eigenvalue weighted by Crippen LogP contribution is -2.26. The molecule has 2 aliphatic rings. The van der Waals surface area contributed by atoms with Crippen molar-refractivity contribution >= 4 is 45.0 Å². The summed E-state index contributed by atoms with van der Waals surface area (Å²) in [7, 11) is 0. The third-order valence-electron chi connectivity index (χ3n) is 4.97. The number of fused-ring (bicyclic) bond motifs is 1. The Balaban J connectivity index is 1.41. The van der Waals surface area contributed by atoms with Gasteiger partial charge in [-0.2, -0.15) is 0 Å². The summed E-state index contributed by atoms with van der Waals surface area (Å²) >= 11 is 3.59. The van der Waals surface area contributed by atoms with Crippen LogP contribution in [0.5, 0.6) is 0 Å². The molecule has 0 radical (unpaired) electrons. The van der Waals surface area contributed by atoms with Crippen LogP contribution in [0, 0.1) is 5.41 Å². The number of nitrogens with zero attached hydrogens (tertiary/aromatic N) is 2. The van der Waals surface area contributed by atoms with Gasteiger partial charge in [-0.1, -0.05) is 18.3 Å². The molecule has 0 aliphatic heterocycles. The van der Waals surface area contributed by atoms with Crippen LogP contribution in [0.25, 0.3) is 10.2 Å². The molecule has 2 N–H and O–H groups in total. The van der Waals surface area contributed by atoms with E-state index >= 15 is 0 Å². The van der Waals surface area contributed by atoms with Crippen molar-refractivity contribution in [1.82, 2.24) is 14.6 Å². The van der Waals surface area contributed by atoms with Crippen molar-refractivity contribution in [2.24, 2.45) is 5.41 Å². The van der Waals surface area contributed by atoms with E-state index in [1.807, 2.05) is 11.9 Å². The molecule has 1 amide bonds. The Morgan fingerprint density at radius 3 is 3.00 bits per heavy atom. The van der Waals surface area contributed by atoms with Crippen LogP contribution in [0.3, 0.4) is 0 Å². The second kappa shape index (κ2) is 7.74. The Morgan fingerprint density at radius 2 is 2.27 bits per heavy atom. The number of nitrogens with one attached hydrogen (secondary N) is 2. The molecule has 0 atom stereocenters. The first-order valence-corrected chi connectivity index (χ1v) is 11.0. The number of rotatable bonds is 11. The largest absolute Gasteiger partial charge is 0.359 e. The third kappa shape index (κ3) is 4.90. The molecular formula is C19H26N4OS2. The van der Waals surface area contributed by atoms with E-state index in [2.05, 4.69) is 40.1 Å². The van der Waals surface area contributed by atoms with Gasteiger partial charge in [-0.15, -0.1) is 0 Å². The van der Waals surface area contributed by atoms with Crippen molar-refractivity contribution in [2.45, 2.75) is 50.0 Å². The molecule has 7 heteroatoms. The predicted octanol–water partition coefficient (Wildman–Crippen LogP) is 4.12. The zero-order valence-electron chi connectivity index (χ0n) is 15.2. The molecule has 2 fully saturated rings. The maximum atomic E-state index is 10.4. The van der Waals surface area contributed by atoms with E-state index in [0.717, 1.165) is 43.1 Å². The van der Waals surface area contributed by atoms with Crippen LogP contribution in [0.15, 0.2) is 23.1 Å². The lowest BCUT2D eigenvalue weighted by Gasteiger charge is -2.24. The summed E-state index contributed by atoms with van der Waals surface area (Å²) in [6, 6.07) is 7.22. The maximum absolute atomic E-state index is 10.4. The van der Waals surface area contributed by atoms with E-state index < -0.39 is 0 Å². The van der Waals surface area contributed by atoms with Crippen molar-refractivity contribution in [3.05, 3.63) is 18.2 Å². The van der Waals surface area contributed by atoms with Crippen LogP contribution in [0.4, 0.5) is 5.13 Å². The fourth-order valence-electron chi connectivity index (χ4n) is 2.95. The van der Waals surface area contributed by atoms with Crippen LogP contribution in [-0.2, 0) is 4.79 Å². The maximum Gasteiger partial charge on any atom is 0.207 e. The van der Waals surface area contributed by atoms with E-state index in [4.69, 9.17) is 4.98 Å². The van der Waals surface area contributed by atoms with Gasteiger partial charge in [0.25, 0.3) is 0 Å². The fraction of sp³-hybridized carbons (Fsp3) is 0.579. The van der Waals surface area contributed by atoms with E-state index in [-0.39, 0.29) is 0 Å². The molecule has 1 aromatic carbocycles. The zero-order valence-corrected chi connectivity index (χ0v) is 16.8. The topological polar surface area (TPSA) is 57.3 Å². The summed E-state index contributed by atoms with van der Waals surface area (Å²) < 4.78 is 3.71. The highest BCUT2D eigenvalue weighted by molar-refractivity contribution is 7.97. The smallest absolute Gasteiger partial charge is 0.207 e. The molecule has 1 heterocycles. The van der Waals surface area contributed by atoms with Gasteiger partial charge in [-0.05, 0) is 67.7 Å². The van der Waals surface area contributed by atoms with Crippen molar-refractivity contribution in [3.8, 4) is 0 Å². The summed E-state index contributed by atoms with van der Waals surface area (Å²) in [5, 5.41) is 7.31. The first-order chi connectivity index (χ1) is 12.6. The number of aromatic nitrogens is 1. The van der Waals surface area contributed by atoms with Crippen LogP contribution in [0.2, 0.25) is 0 Å². The zero-order chi connectivity index (χ0) is 18.0. The van der Waals surface area contributed by atoms with E-state index in [1.54, 1.807) is 11.3 Å². The number of amides is 1. The highest BCUT2D eigenvalue weighted by Crippen LogP contribution is 2.47. The number of hydrogen-bond acceptors (Lipinski definition) is 6. The molecule has 2 saturated carbocycles. The first kappa shape index (κ1) is 18.1. The van der Waals surface area contributed by atoms with Crippen molar-refractivity contribution in [2.75, 3.05) is 25.0 Å². The standard InChI is InChI=1S/C19H26N4OS2/c1-19(7-8-19)12-23(10-2-9-20-13-24)26-15-5-6-16-17(11-15)25-18(22-16)21-14-3-4-14/h5-6,11,13-14H,2-4,7-10,12H2,1H3,(H,20,24)(H,21,22). The molecule has 4 rings (SSSR count). The second-order valence-corrected chi connectivity index (χ2v) is 9.96. The Labute approximate surface area is 163 Å².